The maximum Gasteiger partial charge on any atom is 0.419 e. The van der Waals surface area contributed by atoms with Gasteiger partial charge < -0.3 is 5.32 Å². The molecule has 1 unspecified atom stereocenters. The van der Waals surface area contributed by atoms with E-state index in [-0.39, 0.29) is 5.56 Å². The third-order valence-electron chi connectivity index (χ3n) is 3.28. The van der Waals surface area contributed by atoms with E-state index in [0.29, 0.717) is 0 Å². The number of alkyl halides is 3. The van der Waals surface area contributed by atoms with Crippen LogP contribution in [-0.4, -0.2) is 7.05 Å². The van der Waals surface area contributed by atoms with E-state index in [1.807, 2.05) is 19.9 Å². The first kappa shape index (κ1) is 16.0. The Hall–Kier alpha value is -1.40. The van der Waals surface area contributed by atoms with Gasteiger partial charge in [-0.25, -0.2) is 4.39 Å². The van der Waals surface area contributed by atoms with Gasteiger partial charge >= 0.3 is 6.18 Å². The van der Waals surface area contributed by atoms with Crippen molar-refractivity contribution in [1.82, 2.24) is 5.32 Å². The van der Waals surface area contributed by atoms with Gasteiger partial charge in [0.05, 0.1) is 11.6 Å². The van der Waals surface area contributed by atoms with E-state index in [9.17, 15) is 17.6 Å². The summed E-state index contributed by atoms with van der Waals surface area (Å²) in [4.78, 5) is 1.86. The Labute approximate surface area is 124 Å². The van der Waals surface area contributed by atoms with E-state index in [1.165, 1.54) is 23.5 Å². The normalized spacial score (nSPS) is 13.5. The van der Waals surface area contributed by atoms with Crippen molar-refractivity contribution in [3.05, 3.63) is 56.5 Å². The lowest BCUT2D eigenvalue weighted by molar-refractivity contribution is -0.140. The van der Waals surface area contributed by atoms with Gasteiger partial charge in [-0.05, 0) is 38.6 Å². The quantitative estimate of drug-likeness (QED) is 0.799. The molecule has 1 aromatic carbocycles. The van der Waals surface area contributed by atoms with E-state index >= 15 is 0 Å². The van der Waals surface area contributed by atoms with Crippen LogP contribution < -0.4 is 5.32 Å². The lowest BCUT2D eigenvalue weighted by Gasteiger charge is -2.19. The van der Waals surface area contributed by atoms with Crippen LogP contribution in [-0.2, 0) is 6.18 Å². The summed E-state index contributed by atoms with van der Waals surface area (Å²) in [7, 11) is 1.61. The highest BCUT2D eigenvalue weighted by atomic mass is 32.1. The summed E-state index contributed by atoms with van der Waals surface area (Å²) in [6.07, 6.45) is -4.70. The van der Waals surface area contributed by atoms with Gasteiger partial charge in [0.1, 0.15) is 5.82 Å². The van der Waals surface area contributed by atoms with Gasteiger partial charge in [-0.3, -0.25) is 0 Å². The van der Waals surface area contributed by atoms with Crippen molar-refractivity contribution in [2.75, 3.05) is 7.05 Å². The van der Waals surface area contributed by atoms with E-state index in [0.717, 1.165) is 21.4 Å². The molecule has 0 aliphatic carbocycles. The monoisotopic (exact) mass is 317 g/mol. The first-order valence-electron chi connectivity index (χ1n) is 6.35. The summed E-state index contributed by atoms with van der Waals surface area (Å²) in [6, 6.07) is 4.74. The lowest BCUT2D eigenvalue weighted by atomic mass is 9.99. The highest BCUT2D eigenvalue weighted by Crippen LogP contribution is 2.37. The highest BCUT2D eigenvalue weighted by Gasteiger charge is 2.36. The molecule has 1 heterocycles. The van der Waals surface area contributed by atoms with Crippen LogP contribution in [0.3, 0.4) is 0 Å². The molecule has 0 spiro atoms. The van der Waals surface area contributed by atoms with Crippen molar-refractivity contribution < 1.29 is 17.6 Å². The maximum absolute atomic E-state index is 14.3. The number of thiophene rings is 1. The van der Waals surface area contributed by atoms with Crippen molar-refractivity contribution in [2.45, 2.75) is 26.1 Å². The summed E-state index contributed by atoms with van der Waals surface area (Å²) in [5, 5.41) is 2.91. The van der Waals surface area contributed by atoms with Crippen LogP contribution in [0, 0.1) is 19.7 Å². The largest absolute Gasteiger partial charge is 0.419 e. The molecule has 21 heavy (non-hydrogen) atoms. The summed E-state index contributed by atoms with van der Waals surface area (Å²) >= 11 is 1.45. The number of hydrogen-bond donors (Lipinski definition) is 1. The molecular formula is C15H15F4NS. The number of rotatable bonds is 3. The number of benzene rings is 1. The van der Waals surface area contributed by atoms with Gasteiger partial charge in [0.2, 0.25) is 0 Å². The molecule has 1 atom stereocenters. The zero-order chi connectivity index (χ0) is 15.8. The van der Waals surface area contributed by atoms with Gasteiger partial charge in [0, 0.05) is 15.3 Å². The van der Waals surface area contributed by atoms with Crippen molar-refractivity contribution in [1.29, 1.82) is 0 Å². The predicted octanol–water partition coefficient (Wildman–Crippen LogP) is 4.83. The molecule has 1 nitrogen and oxygen atoms in total. The van der Waals surface area contributed by atoms with Gasteiger partial charge in [0.15, 0.2) is 0 Å². The zero-order valence-electron chi connectivity index (χ0n) is 11.8. The molecule has 0 saturated carbocycles. The Kier molecular flexibility index (Phi) is 4.39. The summed E-state index contributed by atoms with van der Waals surface area (Å²) in [6.45, 7) is 3.78. The van der Waals surface area contributed by atoms with Crippen LogP contribution in [0.4, 0.5) is 17.6 Å². The maximum atomic E-state index is 14.3. The predicted molar refractivity (Wildman–Crippen MR) is 76.1 cm³/mol. The molecule has 0 aliphatic heterocycles. The fourth-order valence-electron chi connectivity index (χ4n) is 2.37. The molecule has 1 aromatic heterocycles. The van der Waals surface area contributed by atoms with Crippen LogP contribution in [0.5, 0.6) is 0 Å². The van der Waals surface area contributed by atoms with E-state index in [2.05, 4.69) is 5.32 Å². The number of nitrogens with one attached hydrogen (secondary N) is 1. The summed E-state index contributed by atoms with van der Waals surface area (Å²) in [5.74, 6) is -1.21. The van der Waals surface area contributed by atoms with E-state index in [4.69, 9.17) is 0 Å². The second kappa shape index (κ2) is 5.77. The Morgan fingerprint density at radius 2 is 1.86 bits per heavy atom. The second-order valence-electron chi connectivity index (χ2n) is 4.83. The van der Waals surface area contributed by atoms with Crippen LogP contribution >= 0.6 is 11.3 Å². The summed E-state index contributed by atoms with van der Waals surface area (Å²) < 4.78 is 52.7. The van der Waals surface area contributed by atoms with Crippen molar-refractivity contribution >= 4 is 11.3 Å². The fourth-order valence-corrected chi connectivity index (χ4v) is 3.53. The third-order valence-corrected chi connectivity index (χ3v) is 4.49. The summed E-state index contributed by atoms with van der Waals surface area (Å²) in [5.41, 5.74) is -0.280. The number of aryl methyl sites for hydroxylation is 2. The van der Waals surface area contributed by atoms with Crippen molar-refractivity contribution in [3.8, 4) is 0 Å². The molecule has 0 fully saturated rings. The third kappa shape index (κ3) is 3.11. The smallest absolute Gasteiger partial charge is 0.309 e. The molecule has 6 heteroatoms. The van der Waals surface area contributed by atoms with Crippen LogP contribution in [0.1, 0.15) is 32.5 Å². The second-order valence-corrected chi connectivity index (χ2v) is 6.12. The van der Waals surface area contributed by atoms with Crippen molar-refractivity contribution in [3.63, 3.8) is 0 Å². The van der Waals surface area contributed by atoms with Gasteiger partial charge in [-0.2, -0.15) is 13.2 Å². The average Bonchev–Trinajstić information content (AvgIpc) is 2.70. The van der Waals surface area contributed by atoms with E-state index in [1.54, 1.807) is 7.05 Å². The zero-order valence-corrected chi connectivity index (χ0v) is 12.6. The number of hydrogen-bond acceptors (Lipinski definition) is 2. The molecule has 2 rings (SSSR count). The minimum Gasteiger partial charge on any atom is -0.309 e. The number of halogens is 4. The van der Waals surface area contributed by atoms with Crippen LogP contribution in [0.2, 0.25) is 0 Å². The van der Waals surface area contributed by atoms with Crippen LogP contribution in [0.25, 0.3) is 0 Å². The van der Waals surface area contributed by atoms with Crippen molar-refractivity contribution in [2.24, 2.45) is 0 Å². The minimum atomic E-state index is -4.70. The molecule has 0 aliphatic rings. The molecule has 1 N–H and O–H groups in total. The Morgan fingerprint density at radius 1 is 1.19 bits per heavy atom. The van der Waals surface area contributed by atoms with Gasteiger partial charge in [0.25, 0.3) is 0 Å². The average molecular weight is 317 g/mol. The first-order valence-corrected chi connectivity index (χ1v) is 7.17. The Bertz CT molecular complexity index is 646. The topological polar surface area (TPSA) is 12.0 Å². The van der Waals surface area contributed by atoms with Gasteiger partial charge in [-0.15, -0.1) is 11.3 Å². The lowest BCUT2D eigenvalue weighted by Crippen LogP contribution is -2.20. The molecular weight excluding hydrogens is 302 g/mol. The standard InChI is InChI=1S/C15H15F4NS/c1-8-7-9(2)21-14(8)13(20-3)10-5-4-6-11(12(10)16)15(17,18)19/h4-7,13,20H,1-3H3. The Balaban J connectivity index is 2.56. The Morgan fingerprint density at radius 3 is 2.33 bits per heavy atom. The fraction of sp³-hybridized carbons (Fsp3) is 0.333. The van der Waals surface area contributed by atoms with Crippen LogP contribution in [0.15, 0.2) is 24.3 Å². The highest BCUT2D eigenvalue weighted by molar-refractivity contribution is 7.12. The molecule has 114 valence electrons. The molecule has 0 bridgehead atoms. The van der Waals surface area contributed by atoms with Gasteiger partial charge in [-0.1, -0.05) is 12.1 Å². The molecule has 2 aromatic rings. The molecule has 0 radical (unpaired) electrons. The first-order chi connectivity index (χ1) is 9.75. The molecule has 0 saturated heterocycles. The van der Waals surface area contributed by atoms with E-state index < -0.39 is 23.6 Å². The SMILES string of the molecule is CNC(c1cccc(C(F)(F)F)c1F)c1sc(C)cc1C. The molecule has 0 amide bonds. The minimum absolute atomic E-state index is 0.0114.